The number of carbonyl (C=O) groups excluding carboxylic acids is 3. The molecular formula is C39H61NO6. The zero-order valence-electron chi connectivity index (χ0n) is 30.5. The van der Waals surface area contributed by atoms with Crippen molar-refractivity contribution in [3.05, 3.63) is 11.1 Å². The summed E-state index contributed by atoms with van der Waals surface area (Å²) in [5.41, 5.74) is 0.101. The number of amides is 1. The van der Waals surface area contributed by atoms with E-state index >= 15 is 0 Å². The van der Waals surface area contributed by atoms with Gasteiger partial charge in [-0.05, 0) is 130 Å². The first-order valence-electron chi connectivity index (χ1n) is 18.1. The molecule has 5 aliphatic rings. The number of aliphatic carboxylic acids is 1. The Labute approximate surface area is 277 Å². The number of esters is 1. The highest BCUT2D eigenvalue weighted by Crippen LogP contribution is 2.76. The summed E-state index contributed by atoms with van der Waals surface area (Å²) in [5, 5.41) is 12.8. The van der Waals surface area contributed by atoms with Crippen LogP contribution in [0.5, 0.6) is 0 Å². The fourth-order valence-corrected chi connectivity index (χ4v) is 12.1. The Kier molecular flexibility index (Phi) is 8.54. The van der Waals surface area contributed by atoms with Gasteiger partial charge in [0.15, 0.2) is 5.78 Å². The van der Waals surface area contributed by atoms with E-state index < -0.39 is 22.8 Å². The number of nitrogens with one attached hydrogen (secondary N) is 1. The maximum atomic E-state index is 14.0. The first-order chi connectivity index (χ1) is 21.1. The van der Waals surface area contributed by atoms with Crippen molar-refractivity contribution in [2.75, 3.05) is 0 Å². The summed E-state index contributed by atoms with van der Waals surface area (Å²) in [5.74, 6) is -0.0196. The van der Waals surface area contributed by atoms with E-state index in [4.69, 9.17) is 4.74 Å². The van der Waals surface area contributed by atoms with Crippen LogP contribution in [0.1, 0.15) is 140 Å². The number of rotatable bonds is 7. The van der Waals surface area contributed by atoms with Gasteiger partial charge >= 0.3 is 11.9 Å². The molecule has 0 saturated heterocycles. The highest BCUT2D eigenvalue weighted by molar-refractivity contribution is 6.07. The molecule has 46 heavy (non-hydrogen) atoms. The topological polar surface area (TPSA) is 110 Å². The number of carboxylic acid groups (broad SMARTS) is 1. The van der Waals surface area contributed by atoms with E-state index in [2.05, 4.69) is 53.8 Å². The molecule has 5 rings (SSSR count). The van der Waals surface area contributed by atoms with Gasteiger partial charge in [-0.25, -0.2) is 0 Å². The third-order valence-corrected chi connectivity index (χ3v) is 14.7. The molecule has 258 valence electrons. The molecule has 8 atom stereocenters. The highest BCUT2D eigenvalue weighted by atomic mass is 16.5. The second kappa shape index (κ2) is 11.2. The third kappa shape index (κ3) is 4.94. The van der Waals surface area contributed by atoms with Crippen LogP contribution >= 0.6 is 0 Å². The molecule has 0 spiro atoms. The van der Waals surface area contributed by atoms with Gasteiger partial charge in [0, 0.05) is 17.9 Å². The zero-order chi connectivity index (χ0) is 34.4. The monoisotopic (exact) mass is 639 g/mol. The average molecular weight is 640 g/mol. The maximum absolute atomic E-state index is 14.0. The Morgan fingerprint density at radius 3 is 2.13 bits per heavy atom. The van der Waals surface area contributed by atoms with Crippen molar-refractivity contribution in [3.63, 3.8) is 0 Å². The highest BCUT2D eigenvalue weighted by Gasteiger charge is 2.71. The number of Topliss-reactive ketones (excluding diaryl/α,β-unsaturated/α-hetero) is 1. The van der Waals surface area contributed by atoms with Crippen molar-refractivity contribution in [1.29, 1.82) is 0 Å². The van der Waals surface area contributed by atoms with E-state index in [1.54, 1.807) is 13.8 Å². The Balaban J connectivity index is 1.47. The Hall–Kier alpha value is -2.18. The van der Waals surface area contributed by atoms with Crippen LogP contribution in [-0.4, -0.2) is 40.9 Å². The van der Waals surface area contributed by atoms with E-state index in [1.165, 1.54) is 5.57 Å². The second-order valence-electron chi connectivity index (χ2n) is 18.6. The molecule has 0 unspecified atom stereocenters. The minimum absolute atomic E-state index is 0.0263. The van der Waals surface area contributed by atoms with Crippen LogP contribution in [0.15, 0.2) is 11.1 Å². The smallest absolute Gasteiger partial charge is 0.309 e. The summed E-state index contributed by atoms with van der Waals surface area (Å²) >= 11 is 0. The number of ketones is 1. The fourth-order valence-electron chi connectivity index (χ4n) is 12.1. The molecular weight excluding hydrogens is 578 g/mol. The molecule has 4 saturated carbocycles. The minimum atomic E-state index is -1.16. The number of carbonyl (C=O) groups is 4. The Morgan fingerprint density at radius 2 is 1.54 bits per heavy atom. The third-order valence-electron chi connectivity index (χ3n) is 14.7. The van der Waals surface area contributed by atoms with Gasteiger partial charge < -0.3 is 15.2 Å². The van der Waals surface area contributed by atoms with Crippen LogP contribution in [0.2, 0.25) is 0 Å². The van der Waals surface area contributed by atoms with E-state index in [-0.39, 0.29) is 63.8 Å². The maximum Gasteiger partial charge on any atom is 0.309 e. The van der Waals surface area contributed by atoms with Gasteiger partial charge in [0.1, 0.15) is 6.10 Å². The summed E-state index contributed by atoms with van der Waals surface area (Å²) in [6.45, 7) is 23.5. The summed E-state index contributed by atoms with van der Waals surface area (Å²) in [4.78, 5) is 52.5. The van der Waals surface area contributed by atoms with Crippen molar-refractivity contribution < 1.29 is 29.0 Å². The Bertz CT molecular complexity index is 1340. The van der Waals surface area contributed by atoms with Crippen molar-refractivity contribution >= 4 is 23.6 Å². The van der Waals surface area contributed by atoms with Gasteiger partial charge in [-0.2, -0.15) is 0 Å². The van der Waals surface area contributed by atoms with Crippen LogP contribution in [0.3, 0.4) is 0 Å². The quantitative estimate of drug-likeness (QED) is 0.274. The molecule has 7 heteroatoms. The lowest BCUT2D eigenvalue weighted by Gasteiger charge is -2.72. The van der Waals surface area contributed by atoms with E-state index in [0.29, 0.717) is 18.3 Å². The zero-order valence-corrected chi connectivity index (χ0v) is 30.5. The largest absolute Gasteiger partial charge is 0.481 e. The molecule has 0 aromatic heterocycles. The van der Waals surface area contributed by atoms with Crippen LogP contribution in [-0.2, 0) is 23.9 Å². The predicted molar refractivity (Wildman–Crippen MR) is 179 cm³/mol. The predicted octanol–water partition coefficient (Wildman–Crippen LogP) is 7.90. The number of allylic oxidation sites excluding steroid dienone is 1. The van der Waals surface area contributed by atoms with Crippen LogP contribution < -0.4 is 5.32 Å². The summed E-state index contributed by atoms with van der Waals surface area (Å²) in [7, 11) is 0. The molecule has 5 aliphatic carbocycles. The SMILES string of the molecule is CC(C)NC(=O)[C@@]12CC[C@]3(C)[C@H](CC[C@@H]4[C@@]5(C)CC[C@H](OC(=O)CC(C)(C)C(=O)O)C(C)(C)[C@@H]5CC[C@]43C)C1=C(C(C)C)C(=O)C2. The number of ether oxygens (including phenoxy) is 1. The van der Waals surface area contributed by atoms with Crippen molar-refractivity contribution in [2.45, 2.75) is 153 Å². The fraction of sp³-hybridized carbons (Fsp3) is 0.846. The number of fused-ring (bicyclic) bond motifs is 7. The second-order valence-corrected chi connectivity index (χ2v) is 18.6. The average Bonchev–Trinajstić information content (AvgIpc) is 3.23. The molecule has 0 aromatic rings. The minimum Gasteiger partial charge on any atom is -0.481 e. The summed E-state index contributed by atoms with van der Waals surface area (Å²) in [6.07, 6.45) is 7.56. The van der Waals surface area contributed by atoms with E-state index in [0.717, 1.165) is 56.9 Å². The van der Waals surface area contributed by atoms with Crippen molar-refractivity contribution in [2.24, 2.45) is 56.2 Å². The lowest BCUT2D eigenvalue weighted by Crippen LogP contribution is -2.66. The van der Waals surface area contributed by atoms with Gasteiger partial charge in [0.25, 0.3) is 0 Å². The molecule has 7 nitrogen and oxygen atoms in total. The first kappa shape index (κ1) is 35.1. The molecule has 0 aromatic carbocycles. The normalized spacial score (nSPS) is 40.2. The Morgan fingerprint density at radius 1 is 0.891 bits per heavy atom. The van der Waals surface area contributed by atoms with Gasteiger partial charge in [-0.3, -0.25) is 19.2 Å². The van der Waals surface area contributed by atoms with Crippen LogP contribution in [0, 0.1) is 56.2 Å². The molecule has 0 heterocycles. The number of carboxylic acids is 1. The molecule has 0 bridgehead atoms. The lowest BCUT2D eigenvalue weighted by atomic mass is 9.33. The summed E-state index contributed by atoms with van der Waals surface area (Å²) < 4.78 is 6.13. The summed E-state index contributed by atoms with van der Waals surface area (Å²) in [6, 6.07) is 0.0273. The number of hydrogen-bond donors (Lipinski definition) is 2. The van der Waals surface area contributed by atoms with Crippen molar-refractivity contribution in [3.8, 4) is 0 Å². The van der Waals surface area contributed by atoms with Gasteiger partial charge in [-0.15, -0.1) is 0 Å². The van der Waals surface area contributed by atoms with E-state index in [9.17, 15) is 24.3 Å². The molecule has 2 N–H and O–H groups in total. The van der Waals surface area contributed by atoms with Gasteiger partial charge in [-0.1, -0.05) is 48.5 Å². The number of hydrogen-bond acceptors (Lipinski definition) is 5. The molecule has 0 aliphatic heterocycles. The van der Waals surface area contributed by atoms with Crippen LogP contribution in [0.25, 0.3) is 0 Å². The first-order valence-corrected chi connectivity index (χ1v) is 18.1. The van der Waals surface area contributed by atoms with Gasteiger partial charge in [0.2, 0.25) is 5.91 Å². The molecule has 1 amide bonds. The molecule has 4 fully saturated rings. The van der Waals surface area contributed by atoms with Crippen molar-refractivity contribution in [1.82, 2.24) is 5.32 Å². The van der Waals surface area contributed by atoms with Gasteiger partial charge in [0.05, 0.1) is 17.3 Å². The standard InChI is InChI=1S/C39H61NO6/c1-22(2)30-25(41)20-39(32(43)40-23(3)4)19-18-37(10)24(31(30)39)12-13-27-36(9)16-15-28(46-29(42)21-34(5,6)33(44)45)35(7,8)26(36)14-17-38(27,37)11/h22-24,26-28H,12-21H2,1-11H3,(H,40,43)(H,44,45)/t24-,26+,27-,28+,36+,37-,38-,39-/m1/s1. The van der Waals surface area contributed by atoms with E-state index in [1.807, 2.05) is 13.8 Å². The van der Waals surface area contributed by atoms with Crippen LogP contribution in [0.4, 0.5) is 0 Å². The lowest BCUT2D eigenvalue weighted by molar-refractivity contribution is -0.233. The molecule has 0 radical (unpaired) electrons.